The third-order valence-electron chi connectivity index (χ3n) is 3.17. The van der Waals surface area contributed by atoms with Crippen LogP contribution in [0.4, 0.5) is 13.2 Å². The summed E-state index contributed by atoms with van der Waals surface area (Å²) in [4.78, 5) is 16.0. The van der Waals surface area contributed by atoms with Gasteiger partial charge in [0, 0.05) is 37.2 Å². The molecule has 19 heavy (non-hydrogen) atoms. The van der Waals surface area contributed by atoms with Crippen molar-refractivity contribution in [2.24, 2.45) is 0 Å². The van der Waals surface area contributed by atoms with Gasteiger partial charge in [0.25, 0.3) is 0 Å². The molecule has 1 aliphatic rings. The van der Waals surface area contributed by atoms with Crippen molar-refractivity contribution in [2.45, 2.75) is 25.4 Å². The highest BCUT2D eigenvalue weighted by Gasteiger charge is 2.43. The standard InChI is InChI=1S/C12H13F3N2O2/c1-7-6-17(11(19)12(13,14)15)5-4-9-8(7)2-3-10(18)16-9/h2-3,7H,4-6H2,1H3,(H,16,18). The molecule has 1 aromatic heterocycles. The number of pyridine rings is 1. The van der Waals surface area contributed by atoms with E-state index in [1.807, 2.05) is 0 Å². The van der Waals surface area contributed by atoms with Crippen molar-refractivity contribution in [3.63, 3.8) is 0 Å². The fourth-order valence-corrected chi connectivity index (χ4v) is 2.27. The number of nitrogens with zero attached hydrogens (tertiary/aromatic N) is 2. The first-order chi connectivity index (χ1) is 8.79. The first-order valence-electron chi connectivity index (χ1n) is 5.84. The molecule has 2 rings (SSSR count). The summed E-state index contributed by atoms with van der Waals surface area (Å²) in [6, 6.07) is 3.04. The van der Waals surface area contributed by atoms with Crippen LogP contribution in [0.25, 0.3) is 0 Å². The molecule has 0 bridgehead atoms. The van der Waals surface area contributed by atoms with Gasteiger partial charge in [0.1, 0.15) is 0 Å². The van der Waals surface area contributed by atoms with Crippen LogP contribution in [0.2, 0.25) is 0 Å². The highest BCUT2D eigenvalue weighted by Crippen LogP contribution is 2.28. The van der Waals surface area contributed by atoms with Crippen molar-refractivity contribution < 1.29 is 23.1 Å². The number of aromatic hydroxyl groups is 1. The second-order valence-corrected chi connectivity index (χ2v) is 4.61. The van der Waals surface area contributed by atoms with E-state index in [0.29, 0.717) is 5.69 Å². The zero-order chi connectivity index (χ0) is 14.2. The summed E-state index contributed by atoms with van der Waals surface area (Å²) < 4.78 is 37.3. The average molecular weight is 274 g/mol. The molecule has 1 unspecified atom stereocenters. The second-order valence-electron chi connectivity index (χ2n) is 4.61. The molecule has 104 valence electrons. The Morgan fingerprint density at radius 1 is 1.47 bits per heavy atom. The van der Waals surface area contributed by atoms with Crippen LogP contribution in [-0.2, 0) is 11.2 Å². The number of alkyl halides is 3. The predicted molar refractivity (Wildman–Crippen MR) is 60.7 cm³/mol. The molecule has 1 aliphatic heterocycles. The van der Waals surface area contributed by atoms with Gasteiger partial charge in [0.15, 0.2) is 0 Å². The molecule has 0 aliphatic carbocycles. The lowest BCUT2D eigenvalue weighted by molar-refractivity contribution is -0.185. The summed E-state index contributed by atoms with van der Waals surface area (Å²) in [7, 11) is 0. The molecule has 0 aromatic carbocycles. The van der Waals surface area contributed by atoms with Gasteiger partial charge >= 0.3 is 12.1 Å². The van der Waals surface area contributed by atoms with E-state index in [-0.39, 0.29) is 31.3 Å². The average Bonchev–Trinajstić information content (AvgIpc) is 2.46. The molecule has 7 heteroatoms. The van der Waals surface area contributed by atoms with E-state index in [9.17, 15) is 23.1 Å². The highest BCUT2D eigenvalue weighted by molar-refractivity contribution is 5.82. The van der Waals surface area contributed by atoms with Crippen molar-refractivity contribution >= 4 is 5.91 Å². The van der Waals surface area contributed by atoms with Crippen LogP contribution in [0.3, 0.4) is 0 Å². The Balaban J connectivity index is 2.25. The molecule has 1 amide bonds. The van der Waals surface area contributed by atoms with Gasteiger partial charge in [0.05, 0.1) is 0 Å². The lowest BCUT2D eigenvalue weighted by Gasteiger charge is -2.23. The van der Waals surface area contributed by atoms with Gasteiger partial charge in [-0.3, -0.25) is 4.79 Å². The Kier molecular flexibility index (Phi) is 3.38. The highest BCUT2D eigenvalue weighted by atomic mass is 19.4. The van der Waals surface area contributed by atoms with Crippen LogP contribution in [0.15, 0.2) is 12.1 Å². The molecule has 1 atom stereocenters. The van der Waals surface area contributed by atoms with Crippen LogP contribution in [0.5, 0.6) is 5.88 Å². The van der Waals surface area contributed by atoms with Gasteiger partial charge in [-0.25, -0.2) is 4.98 Å². The Bertz CT molecular complexity index is 502. The van der Waals surface area contributed by atoms with E-state index in [0.717, 1.165) is 10.5 Å². The smallest absolute Gasteiger partial charge is 0.471 e. The van der Waals surface area contributed by atoms with Crippen molar-refractivity contribution in [1.29, 1.82) is 0 Å². The molecule has 0 saturated carbocycles. The first kappa shape index (κ1) is 13.6. The van der Waals surface area contributed by atoms with E-state index in [1.54, 1.807) is 13.0 Å². The first-order valence-corrected chi connectivity index (χ1v) is 5.84. The minimum atomic E-state index is -4.86. The van der Waals surface area contributed by atoms with Crippen molar-refractivity contribution in [1.82, 2.24) is 9.88 Å². The summed E-state index contributed by atoms with van der Waals surface area (Å²) in [6.07, 6.45) is -4.65. The Morgan fingerprint density at radius 2 is 2.16 bits per heavy atom. The monoisotopic (exact) mass is 274 g/mol. The number of carbonyl (C=O) groups excluding carboxylic acids is 1. The van der Waals surface area contributed by atoms with E-state index >= 15 is 0 Å². The quantitative estimate of drug-likeness (QED) is 0.785. The lowest BCUT2D eigenvalue weighted by Crippen LogP contribution is -2.42. The Hall–Kier alpha value is -1.79. The SMILES string of the molecule is CC1CN(C(=O)C(F)(F)F)CCc2nc(O)ccc21. The van der Waals surface area contributed by atoms with E-state index < -0.39 is 12.1 Å². The van der Waals surface area contributed by atoms with Crippen LogP contribution in [-0.4, -0.2) is 40.2 Å². The summed E-state index contributed by atoms with van der Waals surface area (Å²) in [5, 5.41) is 9.30. The number of fused-ring (bicyclic) bond motifs is 1. The maximum Gasteiger partial charge on any atom is 0.471 e. The topological polar surface area (TPSA) is 53.4 Å². The minimum absolute atomic E-state index is 0.00218. The summed E-state index contributed by atoms with van der Waals surface area (Å²) in [6.45, 7) is 1.68. The number of amides is 1. The van der Waals surface area contributed by atoms with Crippen molar-refractivity contribution in [3.8, 4) is 5.88 Å². The minimum Gasteiger partial charge on any atom is -0.493 e. The molecule has 0 spiro atoms. The third kappa shape index (κ3) is 2.80. The molecule has 0 radical (unpaired) electrons. The molecule has 0 saturated heterocycles. The van der Waals surface area contributed by atoms with E-state index in [1.165, 1.54) is 6.07 Å². The molecular formula is C12H13F3N2O2. The van der Waals surface area contributed by atoms with Crippen molar-refractivity contribution in [3.05, 3.63) is 23.4 Å². The van der Waals surface area contributed by atoms with Crippen LogP contribution in [0, 0.1) is 0 Å². The van der Waals surface area contributed by atoms with Gasteiger partial charge in [-0.15, -0.1) is 0 Å². The molecule has 1 aromatic rings. The fraction of sp³-hybridized carbons (Fsp3) is 0.500. The number of halogens is 3. The van der Waals surface area contributed by atoms with E-state index in [2.05, 4.69) is 4.98 Å². The van der Waals surface area contributed by atoms with Gasteiger partial charge in [-0.2, -0.15) is 13.2 Å². The summed E-state index contributed by atoms with van der Waals surface area (Å²) in [5.41, 5.74) is 1.32. The molecule has 2 heterocycles. The zero-order valence-electron chi connectivity index (χ0n) is 10.2. The number of aromatic nitrogens is 1. The molecule has 0 fully saturated rings. The van der Waals surface area contributed by atoms with Gasteiger partial charge in [-0.1, -0.05) is 13.0 Å². The maximum atomic E-state index is 12.4. The van der Waals surface area contributed by atoms with Gasteiger partial charge in [0.2, 0.25) is 5.88 Å². The number of rotatable bonds is 0. The largest absolute Gasteiger partial charge is 0.493 e. The Labute approximate surface area is 107 Å². The van der Waals surface area contributed by atoms with Crippen LogP contribution in [0.1, 0.15) is 24.1 Å². The normalized spacial score (nSPS) is 19.8. The van der Waals surface area contributed by atoms with Crippen LogP contribution < -0.4 is 0 Å². The van der Waals surface area contributed by atoms with Gasteiger partial charge < -0.3 is 10.0 Å². The predicted octanol–water partition coefficient (Wildman–Crippen LogP) is 1.84. The van der Waals surface area contributed by atoms with Crippen LogP contribution >= 0.6 is 0 Å². The van der Waals surface area contributed by atoms with Gasteiger partial charge in [-0.05, 0) is 5.56 Å². The third-order valence-corrected chi connectivity index (χ3v) is 3.17. The van der Waals surface area contributed by atoms with Crippen molar-refractivity contribution in [2.75, 3.05) is 13.1 Å². The van der Waals surface area contributed by atoms with E-state index in [4.69, 9.17) is 0 Å². The zero-order valence-corrected chi connectivity index (χ0v) is 10.2. The molecule has 4 nitrogen and oxygen atoms in total. The number of carbonyl (C=O) groups is 1. The molecular weight excluding hydrogens is 261 g/mol. The summed E-state index contributed by atoms with van der Waals surface area (Å²) >= 11 is 0. The second kappa shape index (κ2) is 4.71. The number of hydrogen-bond acceptors (Lipinski definition) is 3. The lowest BCUT2D eigenvalue weighted by atomic mass is 9.99. The molecule has 1 N–H and O–H groups in total. The fourth-order valence-electron chi connectivity index (χ4n) is 2.27. The Morgan fingerprint density at radius 3 is 2.79 bits per heavy atom. The number of hydrogen-bond donors (Lipinski definition) is 1. The summed E-state index contributed by atoms with van der Waals surface area (Å²) in [5.74, 6) is -2.24. The maximum absolute atomic E-state index is 12.4.